The van der Waals surface area contributed by atoms with E-state index in [0.717, 1.165) is 26.1 Å². The van der Waals surface area contributed by atoms with Crippen molar-refractivity contribution in [2.45, 2.75) is 32.7 Å². The van der Waals surface area contributed by atoms with E-state index in [1.54, 1.807) is 6.92 Å². The van der Waals surface area contributed by atoms with Crippen LogP contribution in [-0.2, 0) is 4.79 Å². The van der Waals surface area contributed by atoms with E-state index in [9.17, 15) is 9.59 Å². The van der Waals surface area contributed by atoms with Crippen molar-refractivity contribution in [3.8, 4) is 0 Å². The van der Waals surface area contributed by atoms with E-state index in [1.807, 2.05) is 4.90 Å². The first-order chi connectivity index (χ1) is 8.95. The Morgan fingerprint density at radius 3 is 2.68 bits per heavy atom. The maximum absolute atomic E-state index is 12.0. The van der Waals surface area contributed by atoms with Gasteiger partial charge in [-0.25, -0.2) is 4.79 Å². The quantitative estimate of drug-likeness (QED) is 0.777. The summed E-state index contributed by atoms with van der Waals surface area (Å²) in [5.41, 5.74) is 0. The molecule has 6 heteroatoms. The normalized spacial score (nSPS) is 22.1. The Labute approximate surface area is 114 Å². The van der Waals surface area contributed by atoms with Crippen molar-refractivity contribution in [1.82, 2.24) is 15.1 Å². The van der Waals surface area contributed by atoms with E-state index in [1.165, 1.54) is 0 Å². The number of nitrogens with one attached hydrogen (secondary N) is 1. The van der Waals surface area contributed by atoms with E-state index < -0.39 is 11.9 Å². The zero-order valence-electron chi connectivity index (χ0n) is 12.1. The molecule has 0 aliphatic carbocycles. The molecule has 2 unspecified atom stereocenters. The first-order valence-corrected chi connectivity index (χ1v) is 6.91. The van der Waals surface area contributed by atoms with E-state index >= 15 is 0 Å². The fourth-order valence-electron chi connectivity index (χ4n) is 2.20. The van der Waals surface area contributed by atoms with Gasteiger partial charge in [-0.2, -0.15) is 0 Å². The number of carboxylic acid groups (broad SMARTS) is 1. The molecule has 1 saturated heterocycles. The third-order valence-electron chi connectivity index (χ3n) is 3.81. The minimum Gasteiger partial charge on any atom is -0.481 e. The van der Waals surface area contributed by atoms with Crippen molar-refractivity contribution in [3.05, 3.63) is 0 Å². The van der Waals surface area contributed by atoms with E-state index in [2.05, 4.69) is 24.2 Å². The molecule has 19 heavy (non-hydrogen) atoms. The fraction of sp³-hybridized carbons (Fsp3) is 0.846. The molecule has 2 atom stereocenters. The predicted molar refractivity (Wildman–Crippen MR) is 73.1 cm³/mol. The van der Waals surface area contributed by atoms with Crippen LogP contribution in [0.1, 0.15) is 26.7 Å². The summed E-state index contributed by atoms with van der Waals surface area (Å²) in [6, 6.07) is 0.335. The van der Waals surface area contributed by atoms with E-state index in [0.29, 0.717) is 19.0 Å². The van der Waals surface area contributed by atoms with Crippen molar-refractivity contribution in [2.75, 3.05) is 33.2 Å². The summed E-state index contributed by atoms with van der Waals surface area (Å²) in [5, 5.41) is 11.6. The number of nitrogens with zero attached hydrogens (tertiary/aromatic N) is 2. The molecule has 0 spiro atoms. The summed E-state index contributed by atoms with van der Waals surface area (Å²) in [6.07, 6.45) is 1.49. The van der Waals surface area contributed by atoms with Gasteiger partial charge in [-0.3, -0.25) is 9.69 Å². The number of hydrogen-bond donors (Lipinski definition) is 2. The molecule has 0 aromatic rings. The van der Waals surface area contributed by atoms with E-state index in [-0.39, 0.29) is 6.03 Å². The maximum atomic E-state index is 12.0. The van der Waals surface area contributed by atoms with Gasteiger partial charge >= 0.3 is 12.0 Å². The van der Waals surface area contributed by atoms with Crippen LogP contribution in [-0.4, -0.2) is 66.2 Å². The Bertz CT molecular complexity index is 322. The Hall–Kier alpha value is -1.30. The van der Waals surface area contributed by atoms with Gasteiger partial charge in [0.1, 0.15) is 0 Å². The summed E-state index contributed by atoms with van der Waals surface area (Å²) in [6.45, 7) is 6.54. The van der Waals surface area contributed by atoms with Gasteiger partial charge < -0.3 is 15.3 Å². The molecule has 1 rings (SSSR count). The minimum atomic E-state index is -0.820. The smallest absolute Gasteiger partial charge is 0.317 e. The second-order valence-corrected chi connectivity index (χ2v) is 5.25. The molecular weight excluding hydrogens is 246 g/mol. The molecule has 6 nitrogen and oxygen atoms in total. The number of amides is 2. The highest BCUT2D eigenvalue weighted by molar-refractivity contribution is 5.74. The summed E-state index contributed by atoms with van der Waals surface area (Å²) in [7, 11) is 2.08. The highest BCUT2D eigenvalue weighted by Gasteiger charge is 2.25. The van der Waals surface area contributed by atoms with Gasteiger partial charge in [0, 0.05) is 32.2 Å². The number of carboxylic acids is 1. The van der Waals surface area contributed by atoms with Crippen LogP contribution in [0.3, 0.4) is 0 Å². The summed E-state index contributed by atoms with van der Waals surface area (Å²) in [5.74, 6) is -1.24. The number of urea groups is 1. The predicted octanol–water partition coefficient (Wildman–Crippen LogP) is 0.833. The molecule has 1 aliphatic rings. The first kappa shape index (κ1) is 15.8. The molecule has 0 aromatic carbocycles. The van der Waals surface area contributed by atoms with Crippen LogP contribution in [0, 0.1) is 5.92 Å². The molecule has 1 aliphatic heterocycles. The fourth-order valence-corrected chi connectivity index (χ4v) is 2.20. The van der Waals surface area contributed by atoms with Gasteiger partial charge in [-0.05, 0) is 19.9 Å². The first-order valence-electron chi connectivity index (χ1n) is 6.91. The zero-order valence-corrected chi connectivity index (χ0v) is 12.1. The van der Waals surface area contributed by atoms with Gasteiger partial charge in [0.05, 0.1) is 5.92 Å². The Balaban J connectivity index is 2.32. The monoisotopic (exact) mass is 271 g/mol. The molecule has 2 amide bonds. The Kier molecular flexibility index (Phi) is 6.08. The number of hydrogen-bond acceptors (Lipinski definition) is 3. The van der Waals surface area contributed by atoms with Crippen LogP contribution in [0.15, 0.2) is 0 Å². The van der Waals surface area contributed by atoms with Gasteiger partial charge in [-0.1, -0.05) is 13.8 Å². The highest BCUT2D eigenvalue weighted by atomic mass is 16.4. The van der Waals surface area contributed by atoms with Crippen molar-refractivity contribution in [1.29, 1.82) is 0 Å². The highest BCUT2D eigenvalue weighted by Crippen LogP contribution is 2.10. The molecular formula is C13H25N3O3. The summed E-state index contributed by atoms with van der Waals surface area (Å²) in [4.78, 5) is 26.7. The van der Waals surface area contributed by atoms with Crippen LogP contribution < -0.4 is 5.32 Å². The summed E-state index contributed by atoms with van der Waals surface area (Å²) >= 11 is 0. The molecule has 0 aromatic heterocycles. The standard InChI is InChI=1S/C13H25N3O3/c1-4-11-9-16(8-7-15(11)3)13(19)14-6-5-10(2)12(17)18/h10-11H,4-9H2,1-3H3,(H,14,19)(H,17,18). The van der Waals surface area contributed by atoms with Crippen LogP contribution in [0.5, 0.6) is 0 Å². The number of carbonyl (C=O) groups is 2. The third-order valence-corrected chi connectivity index (χ3v) is 3.81. The van der Waals surface area contributed by atoms with Crippen molar-refractivity contribution < 1.29 is 14.7 Å². The average molecular weight is 271 g/mol. The minimum absolute atomic E-state index is 0.0795. The Morgan fingerprint density at radius 2 is 2.11 bits per heavy atom. The van der Waals surface area contributed by atoms with Gasteiger partial charge in [0.2, 0.25) is 0 Å². The number of piperazine rings is 1. The molecule has 110 valence electrons. The third kappa shape index (κ3) is 4.70. The lowest BCUT2D eigenvalue weighted by molar-refractivity contribution is -0.141. The largest absolute Gasteiger partial charge is 0.481 e. The van der Waals surface area contributed by atoms with Crippen molar-refractivity contribution in [3.63, 3.8) is 0 Å². The zero-order chi connectivity index (χ0) is 14.4. The number of rotatable bonds is 5. The van der Waals surface area contributed by atoms with Crippen LogP contribution >= 0.6 is 0 Å². The lowest BCUT2D eigenvalue weighted by Gasteiger charge is -2.39. The van der Waals surface area contributed by atoms with Crippen molar-refractivity contribution >= 4 is 12.0 Å². The molecule has 0 saturated carbocycles. The molecule has 0 bridgehead atoms. The second-order valence-electron chi connectivity index (χ2n) is 5.25. The van der Waals surface area contributed by atoms with Crippen LogP contribution in [0.2, 0.25) is 0 Å². The molecule has 2 N–H and O–H groups in total. The second kappa shape index (κ2) is 7.33. The van der Waals surface area contributed by atoms with Crippen molar-refractivity contribution in [2.24, 2.45) is 5.92 Å². The summed E-state index contributed by atoms with van der Waals surface area (Å²) < 4.78 is 0. The number of aliphatic carboxylic acids is 1. The van der Waals surface area contributed by atoms with Gasteiger partial charge in [-0.15, -0.1) is 0 Å². The maximum Gasteiger partial charge on any atom is 0.317 e. The van der Waals surface area contributed by atoms with E-state index in [4.69, 9.17) is 5.11 Å². The molecule has 0 radical (unpaired) electrons. The molecule has 1 heterocycles. The number of likely N-dealkylation sites (N-methyl/N-ethyl adjacent to an activating group) is 1. The van der Waals surface area contributed by atoms with Crippen LogP contribution in [0.4, 0.5) is 4.79 Å². The SMILES string of the molecule is CCC1CN(C(=O)NCCC(C)C(=O)O)CCN1C. The molecule has 1 fully saturated rings. The van der Waals surface area contributed by atoms with Gasteiger partial charge in [0.25, 0.3) is 0 Å². The van der Waals surface area contributed by atoms with Crippen LogP contribution in [0.25, 0.3) is 0 Å². The van der Waals surface area contributed by atoms with Gasteiger partial charge in [0.15, 0.2) is 0 Å². The lowest BCUT2D eigenvalue weighted by atomic mass is 10.1. The topological polar surface area (TPSA) is 72.9 Å². The Morgan fingerprint density at radius 1 is 1.42 bits per heavy atom. The lowest BCUT2D eigenvalue weighted by Crippen LogP contribution is -2.55. The number of carbonyl (C=O) groups excluding carboxylic acids is 1. The average Bonchev–Trinajstić information content (AvgIpc) is 2.38.